The van der Waals surface area contributed by atoms with Gasteiger partial charge < -0.3 is 24.1 Å². The van der Waals surface area contributed by atoms with Crippen molar-refractivity contribution in [1.82, 2.24) is 0 Å². The molecule has 0 aromatic heterocycles. The Labute approximate surface area is 230 Å². The lowest BCUT2D eigenvalue weighted by Crippen LogP contribution is -2.45. The van der Waals surface area contributed by atoms with Gasteiger partial charge in [-0.2, -0.15) is 0 Å². The maximum Gasteiger partial charge on any atom is 0.305 e. The van der Waals surface area contributed by atoms with Gasteiger partial charge in [0.15, 0.2) is 16.6 Å². The van der Waals surface area contributed by atoms with E-state index in [-0.39, 0.29) is 28.3 Å². The second-order valence-corrected chi connectivity index (χ2v) is 23.7. The number of ether oxygens (including phenoxy) is 1. The van der Waals surface area contributed by atoms with Gasteiger partial charge in [0, 0.05) is 12.6 Å². The number of hydrogen-bond donors (Lipinski definition) is 2. The van der Waals surface area contributed by atoms with E-state index < -0.39 is 22.7 Å². The number of nitrogens with one attached hydrogen (secondary N) is 1. The number of carbonyl (C=O) groups excluding carboxylic acids is 1. The summed E-state index contributed by atoms with van der Waals surface area (Å²) < 4.78 is 18.9. The molecule has 8 heteroatoms. The van der Waals surface area contributed by atoms with Gasteiger partial charge in [0.1, 0.15) is 0 Å². The Hall–Kier alpha value is -0.546. The lowest BCUT2D eigenvalue weighted by molar-refractivity contribution is -0.140. The van der Waals surface area contributed by atoms with E-state index in [1.807, 2.05) is 0 Å². The predicted molar refractivity (Wildman–Crippen MR) is 159 cm³/mol. The van der Waals surface area contributed by atoms with Crippen LogP contribution in [0.25, 0.3) is 0 Å². The lowest BCUT2D eigenvalue weighted by Gasteiger charge is -2.40. The van der Waals surface area contributed by atoms with Crippen molar-refractivity contribution in [3.8, 4) is 0 Å². The van der Waals surface area contributed by atoms with Crippen LogP contribution in [0.4, 0.5) is 0 Å². The molecule has 1 saturated carbocycles. The van der Waals surface area contributed by atoms with Crippen molar-refractivity contribution in [3.63, 3.8) is 0 Å². The molecule has 5 atom stereocenters. The molecular formula is C29H59NO5Si2. The van der Waals surface area contributed by atoms with E-state index in [2.05, 4.69) is 67.7 Å². The number of methoxy groups -OCH3 is 1. The van der Waals surface area contributed by atoms with E-state index in [9.17, 15) is 9.90 Å². The summed E-state index contributed by atoms with van der Waals surface area (Å²) in [6.07, 6.45) is 8.72. The summed E-state index contributed by atoms with van der Waals surface area (Å²) in [5.74, 6) is 0.560. The van der Waals surface area contributed by atoms with Crippen LogP contribution in [0, 0.1) is 17.2 Å². The Bertz CT molecular complexity index is 714. The molecule has 37 heavy (non-hydrogen) atoms. The molecule has 0 heterocycles. The van der Waals surface area contributed by atoms with E-state index >= 15 is 0 Å². The maximum atomic E-state index is 11.4. The predicted octanol–water partition coefficient (Wildman–Crippen LogP) is 7.71. The van der Waals surface area contributed by atoms with Crippen molar-refractivity contribution in [3.05, 3.63) is 0 Å². The minimum atomic E-state index is -1.99. The van der Waals surface area contributed by atoms with Gasteiger partial charge in [-0.15, -0.1) is 0 Å². The van der Waals surface area contributed by atoms with Crippen LogP contribution < -0.4 is 0 Å². The van der Waals surface area contributed by atoms with Gasteiger partial charge in [0.25, 0.3) is 0 Å². The average Bonchev–Trinajstić information content (AvgIpc) is 3.06. The van der Waals surface area contributed by atoms with Crippen LogP contribution in [0.5, 0.6) is 0 Å². The summed E-state index contributed by atoms with van der Waals surface area (Å²) in [5, 5.41) is 18.0. The molecule has 0 saturated heterocycles. The number of esters is 1. The van der Waals surface area contributed by atoms with Gasteiger partial charge in [-0.3, -0.25) is 4.79 Å². The zero-order valence-corrected chi connectivity index (χ0v) is 27.9. The van der Waals surface area contributed by atoms with Crippen molar-refractivity contribution in [2.45, 2.75) is 154 Å². The molecule has 5 unspecified atom stereocenters. The van der Waals surface area contributed by atoms with Gasteiger partial charge in [-0.1, -0.05) is 60.8 Å². The highest BCUT2D eigenvalue weighted by Gasteiger charge is 2.50. The standard InChI is InChI=1S/C29H59NO5Si2/c1-28(2,3)36(8,9)34-25-20-26(35-37(10,11)29(4,5)6)24(19-18-22(31)21-30)23(25)16-14-12-13-15-17-27(32)33-7/h21-26,30-31H,12-20H2,1-11H3. The lowest BCUT2D eigenvalue weighted by atomic mass is 9.85. The summed E-state index contributed by atoms with van der Waals surface area (Å²) in [5.41, 5.74) is 0. The van der Waals surface area contributed by atoms with Crippen LogP contribution in [-0.2, 0) is 18.4 Å². The third-order valence-corrected chi connectivity index (χ3v) is 18.4. The quantitative estimate of drug-likeness (QED) is 0.0931. The SMILES string of the molecule is COC(=O)CCCCCCC1C(O[Si](C)(C)C(C)(C)C)CC(O[Si](C)(C)C(C)(C)C)C1CCC(O)C=N. The molecule has 0 spiro atoms. The fourth-order valence-electron chi connectivity index (χ4n) is 4.86. The molecule has 0 aromatic rings. The number of aliphatic hydroxyl groups is 1. The zero-order valence-electron chi connectivity index (χ0n) is 25.9. The first-order chi connectivity index (χ1) is 16.9. The molecular weight excluding hydrogens is 498 g/mol. The van der Waals surface area contributed by atoms with E-state index in [4.69, 9.17) is 19.0 Å². The Balaban J connectivity index is 3.15. The number of carbonyl (C=O) groups is 1. The summed E-state index contributed by atoms with van der Waals surface area (Å²) in [6, 6.07) is 0. The van der Waals surface area contributed by atoms with Crippen LogP contribution in [0.3, 0.4) is 0 Å². The van der Waals surface area contributed by atoms with E-state index in [1.54, 1.807) is 0 Å². The Morgan fingerprint density at radius 1 is 0.892 bits per heavy atom. The van der Waals surface area contributed by atoms with Crippen molar-refractivity contribution < 1.29 is 23.5 Å². The Morgan fingerprint density at radius 2 is 1.35 bits per heavy atom. The second kappa shape index (κ2) is 14.2. The number of rotatable bonds is 15. The van der Waals surface area contributed by atoms with E-state index in [0.29, 0.717) is 24.7 Å². The molecule has 1 aliphatic carbocycles. The van der Waals surface area contributed by atoms with Crippen LogP contribution in [0.1, 0.15) is 99.3 Å². The fraction of sp³-hybridized carbons (Fsp3) is 0.931. The summed E-state index contributed by atoms with van der Waals surface area (Å²) in [6.45, 7) is 23.1. The van der Waals surface area contributed by atoms with Crippen LogP contribution in [-0.4, -0.2) is 59.3 Å². The highest BCUT2D eigenvalue weighted by Crippen LogP contribution is 2.49. The molecule has 0 aromatic carbocycles. The maximum absolute atomic E-state index is 11.4. The highest BCUT2D eigenvalue weighted by molar-refractivity contribution is 6.74. The van der Waals surface area contributed by atoms with Gasteiger partial charge in [-0.05, 0) is 80.2 Å². The zero-order chi connectivity index (χ0) is 28.7. The van der Waals surface area contributed by atoms with Crippen LogP contribution in [0.2, 0.25) is 36.3 Å². The van der Waals surface area contributed by atoms with E-state index in [1.165, 1.54) is 7.11 Å². The molecule has 0 radical (unpaired) electrons. The first kappa shape index (κ1) is 34.5. The smallest absolute Gasteiger partial charge is 0.305 e. The van der Waals surface area contributed by atoms with Crippen LogP contribution in [0.15, 0.2) is 0 Å². The average molecular weight is 558 g/mol. The number of unbranched alkanes of at least 4 members (excludes halogenated alkanes) is 3. The minimum Gasteiger partial charge on any atom is -0.469 e. The van der Waals surface area contributed by atoms with E-state index in [0.717, 1.165) is 51.2 Å². The topological polar surface area (TPSA) is 88.8 Å². The van der Waals surface area contributed by atoms with Crippen molar-refractivity contribution in [1.29, 1.82) is 5.41 Å². The molecule has 1 aliphatic rings. The van der Waals surface area contributed by atoms with Gasteiger partial charge >= 0.3 is 5.97 Å². The monoisotopic (exact) mass is 557 g/mol. The van der Waals surface area contributed by atoms with Crippen molar-refractivity contribution >= 4 is 28.8 Å². The molecule has 218 valence electrons. The van der Waals surface area contributed by atoms with Crippen LogP contribution >= 0.6 is 0 Å². The third-order valence-electron chi connectivity index (χ3n) is 9.36. The normalized spacial score (nSPS) is 24.2. The molecule has 0 bridgehead atoms. The highest BCUT2D eigenvalue weighted by atomic mass is 28.4. The molecule has 2 N–H and O–H groups in total. The first-order valence-electron chi connectivity index (χ1n) is 14.5. The third kappa shape index (κ3) is 10.5. The first-order valence-corrected chi connectivity index (χ1v) is 20.3. The van der Waals surface area contributed by atoms with Crippen molar-refractivity contribution in [2.24, 2.45) is 11.8 Å². The van der Waals surface area contributed by atoms with Gasteiger partial charge in [-0.25, -0.2) is 0 Å². The molecule has 0 amide bonds. The molecule has 1 fully saturated rings. The summed E-state index contributed by atoms with van der Waals surface area (Å²) in [7, 11) is -2.52. The number of hydrogen-bond acceptors (Lipinski definition) is 6. The molecule has 6 nitrogen and oxygen atoms in total. The molecule has 1 rings (SSSR count). The Kier molecular flexibility index (Phi) is 13.2. The van der Waals surface area contributed by atoms with Crippen molar-refractivity contribution in [2.75, 3.05) is 7.11 Å². The largest absolute Gasteiger partial charge is 0.469 e. The number of aliphatic hydroxyl groups excluding tert-OH is 1. The summed E-state index contributed by atoms with van der Waals surface area (Å²) >= 11 is 0. The molecule has 0 aliphatic heterocycles. The fourth-order valence-corrected chi connectivity index (χ4v) is 7.63. The van der Waals surface area contributed by atoms with Gasteiger partial charge in [0.05, 0.1) is 25.4 Å². The summed E-state index contributed by atoms with van der Waals surface area (Å²) in [4.78, 5) is 11.4. The van der Waals surface area contributed by atoms with Gasteiger partial charge in [0.2, 0.25) is 0 Å². The minimum absolute atomic E-state index is 0.123. The Morgan fingerprint density at radius 3 is 1.78 bits per heavy atom. The second-order valence-electron chi connectivity index (χ2n) is 14.2.